The first-order chi connectivity index (χ1) is 9.34. The average molecular weight is 292 g/mol. The highest BCUT2D eigenvalue weighted by atomic mass is 35.5. The summed E-state index contributed by atoms with van der Waals surface area (Å²) >= 11 is 5.79. The second-order valence-electron chi connectivity index (χ2n) is 5.62. The Morgan fingerprint density at radius 1 is 1.15 bits per heavy atom. The van der Waals surface area contributed by atoms with E-state index >= 15 is 0 Å². The maximum Gasteiger partial charge on any atom is 0.224 e. The van der Waals surface area contributed by atoms with E-state index in [4.69, 9.17) is 22.1 Å². The predicted octanol–water partition coefficient (Wildman–Crippen LogP) is 3.59. The van der Waals surface area contributed by atoms with E-state index in [0.717, 1.165) is 5.56 Å². The maximum absolute atomic E-state index is 5.79. The number of aromatic nitrogens is 2. The Labute approximate surface area is 124 Å². The number of anilines is 1. The Morgan fingerprint density at radius 2 is 1.80 bits per heavy atom. The molecule has 1 aromatic heterocycles. The lowest BCUT2D eigenvalue weighted by molar-refractivity contribution is 0.294. The van der Waals surface area contributed by atoms with Gasteiger partial charge >= 0.3 is 0 Å². The van der Waals surface area contributed by atoms with Crippen molar-refractivity contribution in [3.8, 4) is 5.88 Å². The monoisotopic (exact) mass is 291 g/mol. The summed E-state index contributed by atoms with van der Waals surface area (Å²) in [6, 6.07) is 9.86. The average Bonchev–Trinajstić information content (AvgIpc) is 2.35. The van der Waals surface area contributed by atoms with Crippen LogP contribution in [0.4, 0.5) is 5.95 Å². The van der Waals surface area contributed by atoms with E-state index < -0.39 is 0 Å². The van der Waals surface area contributed by atoms with Gasteiger partial charge in [-0.2, -0.15) is 4.98 Å². The molecule has 0 saturated carbocycles. The van der Waals surface area contributed by atoms with Gasteiger partial charge in [0.05, 0.1) is 0 Å². The maximum atomic E-state index is 5.79. The second kappa shape index (κ2) is 5.67. The SMILES string of the molecule is CC(C)(C)c1ccc(COc2cc(Cl)nc(N)n2)cc1. The number of benzene rings is 1. The Balaban J connectivity index is 2.04. The van der Waals surface area contributed by atoms with E-state index in [1.54, 1.807) is 6.07 Å². The van der Waals surface area contributed by atoms with Crippen LogP contribution < -0.4 is 10.5 Å². The molecule has 0 spiro atoms. The van der Waals surface area contributed by atoms with Crippen molar-refractivity contribution in [2.45, 2.75) is 32.8 Å². The van der Waals surface area contributed by atoms with Crippen molar-refractivity contribution in [2.75, 3.05) is 5.73 Å². The van der Waals surface area contributed by atoms with Crippen LogP contribution in [0.1, 0.15) is 31.9 Å². The molecule has 1 aromatic carbocycles. The fourth-order valence-electron chi connectivity index (χ4n) is 1.75. The molecule has 2 rings (SSSR count). The summed E-state index contributed by atoms with van der Waals surface area (Å²) in [5.41, 5.74) is 8.01. The highest BCUT2D eigenvalue weighted by Gasteiger charge is 2.12. The van der Waals surface area contributed by atoms with Crippen molar-refractivity contribution >= 4 is 17.5 Å². The third-order valence-electron chi connectivity index (χ3n) is 2.90. The molecular weight excluding hydrogens is 274 g/mol. The molecule has 1 heterocycles. The van der Waals surface area contributed by atoms with E-state index in [9.17, 15) is 0 Å². The van der Waals surface area contributed by atoms with Gasteiger partial charge in [0, 0.05) is 6.07 Å². The van der Waals surface area contributed by atoms with Crippen LogP contribution in [0.2, 0.25) is 5.15 Å². The van der Waals surface area contributed by atoms with Gasteiger partial charge in [-0.15, -0.1) is 0 Å². The van der Waals surface area contributed by atoms with Gasteiger partial charge in [-0.3, -0.25) is 0 Å². The Hall–Kier alpha value is -1.81. The standard InChI is InChI=1S/C15H18ClN3O/c1-15(2,3)11-6-4-10(5-7-11)9-20-13-8-12(16)18-14(17)19-13/h4-8H,9H2,1-3H3,(H2,17,18,19). The Bertz CT molecular complexity index is 571. The quantitative estimate of drug-likeness (QED) is 0.878. The smallest absolute Gasteiger partial charge is 0.224 e. The van der Waals surface area contributed by atoms with Gasteiger partial charge in [-0.25, -0.2) is 4.98 Å². The normalized spacial score (nSPS) is 11.4. The molecule has 0 radical (unpaired) electrons. The molecule has 20 heavy (non-hydrogen) atoms. The molecule has 4 nitrogen and oxygen atoms in total. The topological polar surface area (TPSA) is 61.0 Å². The van der Waals surface area contributed by atoms with Crippen LogP contribution in [0.5, 0.6) is 5.88 Å². The molecule has 0 bridgehead atoms. The molecule has 0 amide bonds. The highest BCUT2D eigenvalue weighted by molar-refractivity contribution is 6.29. The zero-order valence-electron chi connectivity index (χ0n) is 11.9. The van der Waals surface area contributed by atoms with Crippen LogP contribution in [-0.2, 0) is 12.0 Å². The van der Waals surface area contributed by atoms with Crippen molar-refractivity contribution in [3.63, 3.8) is 0 Å². The van der Waals surface area contributed by atoms with E-state index in [0.29, 0.717) is 12.5 Å². The molecule has 0 saturated heterocycles. The van der Waals surface area contributed by atoms with E-state index in [-0.39, 0.29) is 16.5 Å². The van der Waals surface area contributed by atoms with Crippen molar-refractivity contribution in [1.82, 2.24) is 9.97 Å². The van der Waals surface area contributed by atoms with Gasteiger partial charge in [0.2, 0.25) is 11.8 Å². The van der Waals surface area contributed by atoms with Gasteiger partial charge in [0.1, 0.15) is 11.8 Å². The first-order valence-corrected chi connectivity index (χ1v) is 6.75. The van der Waals surface area contributed by atoms with Crippen molar-refractivity contribution in [3.05, 3.63) is 46.6 Å². The van der Waals surface area contributed by atoms with E-state index in [2.05, 4.69) is 42.9 Å². The van der Waals surface area contributed by atoms with Crippen LogP contribution >= 0.6 is 11.6 Å². The third-order valence-corrected chi connectivity index (χ3v) is 3.09. The molecule has 0 aliphatic heterocycles. The lowest BCUT2D eigenvalue weighted by Crippen LogP contribution is -2.11. The fourth-order valence-corrected chi connectivity index (χ4v) is 1.93. The van der Waals surface area contributed by atoms with Gasteiger partial charge < -0.3 is 10.5 Å². The lowest BCUT2D eigenvalue weighted by atomic mass is 9.87. The van der Waals surface area contributed by atoms with Crippen LogP contribution in [-0.4, -0.2) is 9.97 Å². The van der Waals surface area contributed by atoms with Gasteiger partial charge in [0.15, 0.2) is 0 Å². The van der Waals surface area contributed by atoms with Gasteiger partial charge in [-0.1, -0.05) is 56.6 Å². The number of nitrogens with two attached hydrogens (primary N) is 1. The number of ether oxygens (including phenoxy) is 1. The Kier molecular flexibility index (Phi) is 4.14. The number of hydrogen-bond acceptors (Lipinski definition) is 4. The van der Waals surface area contributed by atoms with Crippen molar-refractivity contribution in [2.24, 2.45) is 0 Å². The summed E-state index contributed by atoms with van der Waals surface area (Å²) in [6.45, 7) is 6.97. The van der Waals surface area contributed by atoms with Crippen molar-refractivity contribution in [1.29, 1.82) is 0 Å². The van der Waals surface area contributed by atoms with Crippen molar-refractivity contribution < 1.29 is 4.74 Å². The largest absolute Gasteiger partial charge is 0.473 e. The summed E-state index contributed by atoms with van der Waals surface area (Å²) in [5, 5.41) is 0.274. The van der Waals surface area contributed by atoms with E-state index in [1.165, 1.54) is 5.56 Å². The van der Waals surface area contributed by atoms with Gasteiger partial charge in [-0.05, 0) is 16.5 Å². The molecule has 5 heteroatoms. The summed E-state index contributed by atoms with van der Waals surface area (Å²) in [4.78, 5) is 7.75. The zero-order chi connectivity index (χ0) is 14.8. The minimum Gasteiger partial charge on any atom is -0.473 e. The number of nitrogen functional groups attached to an aromatic ring is 1. The van der Waals surface area contributed by atoms with Crippen LogP contribution in [0.15, 0.2) is 30.3 Å². The molecular formula is C15H18ClN3O. The number of hydrogen-bond donors (Lipinski definition) is 1. The molecule has 0 atom stereocenters. The summed E-state index contributed by atoms with van der Waals surface area (Å²) < 4.78 is 5.56. The molecule has 0 fully saturated rings. The van der Waals surface area contributed by atoms with Crippen LogP contribution in [0.25, 0.3) is 0 Å². The minimum absolute atomic E-state index is 0.107. The predicted molar refractivity (Wildman–Crippen MR) is 80.9 cm³/mol. The second-order valence-corrected chi connectivity index (χ2v) is 6.01. The third kappa shape index (κ3) is 3.84. The first kappa shape index (κ1) is 14.6. The van der Waals surface area contributed by atoms with Gasteiger partial charge in [0.25, 0.3) is 0 Å². The number of rotatable bonds is 3. The fraction of sp³-hybridized carbons (Fsp3) is 0.333. The summed E-state index contributed by atoms with van der Waals surface area (Å²) in [7, 11) is 0. The summed E-state index contributed by atoms with van der Waals surface area (Å²) in [5.74, 6) is 0.484. The highest BCUT2D eigenvalue weighted by Crippen LogP contribution is 2.22. The molecule has 2 N–H and O–H groups in total. The summed E-state index contributed by atoms with van der Waals surface area (Å²) in [6.07, 6.45) is 0. The lowest BCUT2D eigenvalue weighted by Gasteiger charge is -2.19. The van der Waals surface area contributed by atoms with Crippen LogP contribution in [0, 0.1) is 0 Å². The molecule has 0 aliphatic rings. The molecule has 0 aliphatic carbocycles. The molecule has 0 unspecified atom stereocenters. The molecule has 2 aromatic rings. The first-order valence-electron chi connectivity index (χ1n) is 6.37. The number of halogens is 1. The minimum atomic E-state index is 0.107. The van der Waals surface area contributed by atoms with E-state index in [1.807, 2.05) is 12.1 Å². The Morgan fingerprint density at radius 3 is 2.35 bits per heavy atom. The molecule has 106 valence electrons. The zero-order valence-corrected chi connectivity index (χ0v) is 12.6. The number of nitrogens with zero attached hydrogens (tertiary/aromatic N) is 2. The van der Waals surface area contributed by atoms with Crippen LogP contribution in [0.3, 0.4) is 0 Å².